The Labute approximate surface area is 114 Å². The highest BCUT2D eigenvalue weighted by Gasteiger charge is 2.11. The SMILES string of the molecule is CCOc1ccc(C(Cn2nccc2C)NC)cc1. The molecule has 0 amide bonds. The number of hydrogen-bond donors (Lipinski definition) is 1. The fourth-order valence-electron chi connectivity index (χ4n) is 2.09. The van der Waals surface area contributed by atoms with Crippen LogP contribution in [0.3, 0.4) is 0 Å². The molecule has 1 unspecified atom stereocenters. The summed E-state index contributed by atoms with van der Waals surface area (Å²) in [4.78, 5) is 0. The van der Waals surface area contributed by atoms with Gasteiger partial charge in [-0.2, -0.15) is 5.10 Å². The summed E-state index contributed by atoms with van der Waals surface area (Å²) in [5.41, 5.74) is 2.41. The fraction of sp³-hybridized carbons (Fsp3) is 0.400. The first-order valence-electron chi connectivity index (χ1n) is 6.63. The van der Waals surface area contributed by atoms with E-state index in [9.17, 15) is 0 Å². The van der Waals surface area contributed by atoms with Crippen LogP contribution in [0.5, 0.6) is 5.75 Å². The number of nitrogens with one attached hydrogen (secondary N) is 1. The zero-order chi connectivity index (χ0) is 13.7. The summed E-state index contributed by atoms with van der Waals surface area (Å²) < 4.78 is 7.47. The standard InChI is InChI=1S/C15H21N3O/c1-4-19-14-7-5-13(6-8-14)15(16-3)11-18-12(2)9-10-17-18/h5-10,15-16H,4,11H2,1-3H3. The van der Waals surface area contributed by atoms with Crippen molar-refractivity contribution in [1.82, 2.24) is 15.1 Å². The number of hydrogen-bond acceptors (Lipinski definition) is 3. The lowest BCUT2D eigenvalue weighted by atomic mass is 10.1. The first kappa shape index (κ1) is 13.6. The average Bonchev–Trinajstić information content (AvgIpc) is 2.83. The van der Waals surface area contributed by atoms with Crippen molar-refractivity contribution in [2.75, 3.05) is 13.7 Å². The normalized spacial score (nSPS) is 12.4. The summed E-state index contributed by atoms with van der Waals surface area (Å²) in [6.07, 6.45) is 1.83. The molecule has 0 radical (unpaired) electrons. The molecule has 0 aliphatic carbocycles. The summed E-state index contributed by atoms with van der Waals surface area (Å²) in [5, 5.41) is 7.66. The molecule has 1 aromatic carbocycles. The van der Waals surface area contributed by atoms with Crippen molar-refractivity contribution in [3.8, 4) is 5.75 Å². The molecule has 0 saturated carbocycles. The summed E-state index contributed by atoms with van der Waals surface area (Å²) >= 11 is 0. The lowest BCUT2D eigenvalue weighted by Crippen LogP contribution is -2.23. The number of ether oxygens (including phenoxy) is 1. The van der Waals surface area contributed by atoms with E-state index in [0.717, 1.165) is 12.3 Å². The molecule has 2 rings (SSSR count). The first-order valence-corrected chi connectivity index (χ1v) is 6.63. The van der Waals surface area contributed by atoms with E-state index in [2.05, 4.69) is 29.5 Å². The van der Waals surface area contributed by atoms with Gasteiger partial charge in [-0.25, -0.2) is 0 Å². The second-order valence-corrected chi connectivity index (χ2v) is 4.50. The van der Waals surface area contributed by atoms with E-state index in [1.165, 1.54) is 11.3 Å². The van der Waals surface area contributed by atoms with Gasteiger partial charge in [0.15, 0.2) is 0 Å². The summed E-state index contributed by atoms with van der Waals surface area (Å²) in [5.74, 6) is 0.913. The van der Waals surface area contributed by atoms with Gasteiger partial charge in [0, 0.05) is 11.9 Å². The van der Waals surface area contributed by atoms with Crippen molar-refractivity contribution < 1.29 is 4.74 Å². The highest BCUT2D eigenvalue weighted by Crippen LogP contribution is 2.19. The maximum atomic E-state index is 5.46. The van der Waals surface area contributed by atoms with Crippen LogP contribution in [0.4, 0.5) is 0 Å². The van der Waals surface area contributed by atoms with Crippen LogP contribution in [-0.4, -0.2) is 23.4 Å². The van der Waals surface area contributed by atoms with Crippen LogP contribution < -0.4 is 10.1 Å². The molecule has 0 bridgehead atoms. The number of aryl methyl sites for hydroxylation is 1. The Morgan fingerprint density at radius 2 is 2.00 bits per heavy atom. The molecule has 1 heterocycles. The monoisotopic (exact) mass is 259 g/mol. The Morgan fingerprint density at radius 1 is 1.26 bits per heavy atom. The summed E-state index contributed by atoms with van der Waals surface area (Å²) in [6.45, 7) is 5.58. The topological polar surface area (TPSA) is 39.1 Å². The van der Waals surface area contributed by atoms with Crippen molar-refractivity contribution in [3.05, 3.63) is 47.8 Å². The molecule has 0 saturated heterocycles. The lowest BCUT2D eigenvalue weighted by molar-refractivity contribution is 0.340. The van der Waals surface area contributed by atoms with E-state index in [1.807, 2.05) is 43.0 Å². The van der Waals surface area contributed by atoms with E-state index >= 15 is 0 Å². The Balaban J connectivity index is 2.11. The second kappa shape index (κ2) is 6.38. The maximum absolute atomic E-state index is 5.46. The van der Waals surface area contributed by atoms with Gasteiger partial charge in [0.25, 0.3) is 0 Å². The van der Waals surface area contributed by atoms with Crippen molar-refractivity contribution in [3.63, 3.8) is 0 Å². The average molecular weight is 259 g/mol. The van der Waals surface area contributed by atoms with Gasteiger partial charge in [-0.15, -0.1) is 0 Å². The minimum absolute atomic E-state index is 0.245. The molecule has 1 atom stereocenters. The Bertz CT molecular complexity index is 504. The van der Waals surface area contributed by atoms with E-state index in [4.69, 9.17) is 4.74 Å². The smallest absolute Gasteiger partial charge is 0.119 e. The van der Waals surface area contributed by atoms with E-state index in [1.54, 1.807) is 0 Å². The molecule has 0 fully saturated rings. The zero-order valence-corrected chi connectivity index (χ0v) is 11.8. The molecular weight excluding hydrogens is 238 g/mol. The van der Waals surface area contributed by atoms with Crippen LogP contribution in [-0.2, 0) is 6.54 Å². The number of benzene rings is 1. The van der Waals surface area contributed by atoms with Crippen LogP contribution in [0.2, 0.25) is 0 Å². The van der Waals surface area contributed by atoms with Crippen molar-refractivity contribution in [2.45, 2.75) is 26.4 Å². The number of nitrogens with zero attached hydrogens (tertiary/aromatic N) is 2. The van der Waals surface area contributed by atoms with Gasteiger partial charge in [-0.05, 0) is 44.7 Å². The molecule has 102 valence electrons. The highest BCUT2D eigenvalue weighted by atomic mass is 16.5. The van der Waals surface area contributed by atoms with Crippen molar-refractivity contribution in [1.29, 1.82) is 0 Å². The minimum Gasteiger partial charge on any atom is -0.494 e. The molecular formula is C15H21N3O. The Morgan fingerprint density at radius 3 is 2.53 bits per heavy atom. The molecule has 1 aromatic heterocycles. The quantitative estimate of drug-likeness (QED) is 0.866. The molecule has 0 aliphatic rings. The molecule has 1 N–H and O–H groups in total. The van der Waals surface area contributed by atoms with Crippen LogP contribution in [0.1, 0.15) is 24.2 Å². The van der Waals surface area contributed by atoms with Crippen LogP contribution in [0, 0.1) is 6.92 Å². The van der Waals surface area contributed by atoms with Gasteiger partial charge in [-0.3, -0.25) is 4.68 Å². The Kier molecular flexibility index (Phi) is 4.58. The predicted molar refractivity (Wildman–Crippen MR) is 76.4 cm³/mol. The van der Waals surface area contributed by atoms with Gasteiger partial charge >= 0.3 is 0 Å². The second-order valence-electron chi connectivity index (χ2n) is 4.50. The fourth-order valence-corrected chi connectivity index (χ4v) is 2.09. The van der Waals surface area contributed by atoms with Crippen LogP contribution >= 0.6 is 0 Å². The minimum atomic E-state index is 0.245. The molecule has 2 aromatic rings. The predicted octanol–water partition coefficient (Wildman–Crippen LogP) is 2.55. The largest absolute Gasteiger partial charge is 0.494 e. The molecule has 0 aliphatic heterocycles. The van der Waals surface area contributed by atoms with Crippen LogP contribution in [0.25, 0.3) is 0 Å². The number of aromatic nitrogens is 2. The first-order chi connectivity index (χ1) is 9.24. The van der Waals surface area contributed by atoms with Crippen molar-refractivity contribution in [2.24, 2.45) is 0 Å². The molecule has 0 spiro atoms. The van der Waals surface area contributed by atoms with E-state index in [0.29, 0.717) is 6.61 Å². The number of likely N-dealkylation sites (N-methyl/N-ethyl adjacent to an activating group) is 1. The third-order valence-electron chi connectivity index (χ3n) is 3.23. The zero-order valence-electron chi connectivity index (χ0n) is 11.8. The van der Waals surface area contributed by atoms with Gasteiger partial charge in [0.05, 0.1) is 19.2 Å². The van der Waals surface area contributed by atoms with Gasteiger partial charge in [-0.1, -0.05) is 12.1 Å². The third kappa shape index (κ3) is 3.35. The molecule has 4 heteroatoms. The third-order valence-corrected chi connectivity index (χ3v) is 3.23. The highest BCUT2D eigenvalue weighted by molar-refractivity contribution is 5.29. The molecule has 19 heavy (non-hydrogen) atoms. The number of rotatable bonds is 6. The summed E-state index contributed by atoms with van der Waals surface area (Å²) in [7, 11) is 1.97. The molecule has 4 nitrogen and oxygen atoms in total. The van der Waals surface area contributed by atoms with E-state index in [-0.39, 0.29) is 6.04 Å². The van der Waals surface area contributed by atoms with Crippen molar-refractivity contribution >= 4 is 0 Å². The van der Waals surface area contributed by atoms with Gasteiger partial charge < -0.3 is 10.1 Å². The lowest BCUT2D eigenvalue weighted by Gasteiger charge is -2.18. The Hall–Kier alpha value is -1.81. The van der Waals surface area contributed by atoms with Crippen LogP contribution in [0.15, 0.2) is 36.5 Å². The van der Waals surface area contributed by atoms with Gasteiger partial charge in [0.2, 0.25) is 0 Å². The summed E-state index contributed by atoms with van der Waals surface area (Å²) in [6, 6.07) is 10.5. The maximum Gasteiger partial charge on any atom is 0.119 e. The van der Waals surface area contributed by atoms with Gasteiger partial charge in [0.1, 0.15) is 5.75 Å². The van der Waals surface area contributed by atoms with E-state index < -0.39 is 0 Å².